The maximum absolute atomic E-state index is 12.8. The molecule has 2 aliphatic rings. The van der Waals surface area contributed by atoms with Crippen LogP contribution in [0.15, 0.2) is 30.5 Å². The maximum Gasteiger partial charge on any atom is 0.328 e. The van der Waals surface area contributed by atoms with Gasteiger partial charge in [-0.25, -0.2) is 4.79 Å². The highest BCUT2D eigenvalue weighted by Gasteiger charge is 2.36. The van der Waals surface area contributed by atoms with Crippen molar-refractivity contribution in [1.82, 2.24) is 9.80 Å². The van der Waals surface area contributed by atoms with Crippen LogP contribution in [0.3, 0.4) is 0 Å². The fourth-order valence-electron chi connectivity index (χ4n) is 3.30. The first kappa shape index (κ1) is 17.2. The first-order valence-electron chi connectivity index (χ1n) is 8.15. The number of carbonyl (C=O) groups excluding carboxylic acids is 2. The van der Waals surface area contributed by atoms with E-state index in [0.29, 0.717) is 6.61 Å². The lowest BCUT2D eigenvalue weighted by Gasteiger charge is -2.37. The molecule has 1 aromatic rings. The van der Waals surface area contributed by atoms with E-state index in [1.54, 1.807) is 6.20 Å². The minimum absolute atomic E-state index is 0.0152. The third-order valence-corrected chi connectivity index (χ3v) is 4.57. The lowest BCUT2D eigenvalue weighted by atomic mass is 9.93. The van der Waals surface area contributed by atoms with Crippen LogP contribution in [0, 0.1) is 0 Å². The molecule has 2 amide bonds. The SMILES string of the molecule is CC(=O)N1C=Cc2ccccc2[C@@H]1CC(=O)N1CCOC[C@H]1C(=O)O. The van der Waals surface area contributed by atoms with E-state index < -0.39 is 18.1 Å². The number of benzene rings is 1. The number of carbonyl (C=O) groups is 3. The molecule has 0 aromatic heterocycles. The van der Waals surface area contributed by atoms with Gasteiger partial charge in [-0.3, -0.25) is 9.59 Å². The summed E-state index contributed by atoms with van der Waals surface area (Å²) in [4.78, 5) is 39.0. The zero-order valence-corrected chi connectivity index (χ0v) is 13.9. The van der Waals surface area contributed by atoms with E-state index in [-0.39, 0.29) is 31.4 Å². The van der Waals surface area contributed by atoms with Gasteiger partial charge in [0.15, 0.2) is 6.04 Å². The number of ether oxygens (including phenoxy) is 1. The van der Waals surface area contributed by atoms with Crippen molar-refractivity contribution in [1.29, 1.82) is 0 Å². The van der Waals surface area contributed by atoms with Crippen LogP contribution in [-0.2, 0) is 19.1 Å². The number of carboxylic acid groups (broad SMARTS) is 1. The van der Waals surface area contributed by atoms with Crippen molar-refractivity contribution < 1.29 is 24.2 Å². The average molecular weight is 344 g/mol. The van der Waals surface area contributed by atoms with Gasteiger partial charge in [-0.1, -0.05) is 24.3 Å². The lowest BCUT2D eigenvalue weighted by Crippen LogP contribution is -2.53. The summed E-state index contributed by atoms with van der Waals surface area (Å²) in [5.74, 6) is -1.54. The van der Waals surface area contributed by atoms with Crippen LogP contribution in [0.1, 0.15) is 30.5 Å². The van der Waals surface area contributed by atoms with E-state index in [1.165, 1.54) is 16.7 Å². The third kappa shape index (κ3) is 3.41. The zero-order chi connectivity index (χ0) is 18.0. The molecule has 25 heavy (non-hydrogen) atoms. The van der Waals surface area contributed by atoms with Gasteiger partial charge in [-0.15, -0.1) is 0 Å². The summed E-state index contributed by atoms with van der Waals surface area (Å²) in [6.45, 7) is 1.98. The number of hydrogen-bond donors (Lipinski definition) is 1. The summed E-state index contributed by atoms with van der Waals surface area (Å²) in [5.41, 5.74) is 1.84. The molecular weight excluding hydrogens is 324 g/mol. The quantitative estimate of drug-likeness (QED) is 0.892. The van der Waals surface area contributed by atoms with E-state index in [4.69, 9.17) is 4.74 Å². The second kappa shape index (κ2) is 7.06. The normalized spacial score (nSPS) is 22.4. The van der Waals surface area contributed by atoms with Crippen LogP contribution in [0.5, 0.6) is 0 Å². The molecule has 0 saturated carbocycles. The Bertz CT molecular complexity index is 730. The van der Waals surface area contributed by atoms with Gasteiger partial charge in [0.2, 0.25) is 11.8 Å². The Hall–Kier alpha value is -2.67. The van der Waals surface area contributed by atoms with Crippen LogP contribution in [0.4, 0.5) is 0 Å². The Morgan fingerprint density at radius 2 is 2.04 bits per heavy atom. The molecule has 1 saturated heterocycles. The van der Waals surface area contributed by atoms with Crippen molar-refractivity contribution in [2.24, 2.45) is 0 Å². The molecule has 1 N–H and O–H groups in total. The van der Waals surface area contributed by atoms with Crippen LogP contribution < -0.4 is 0 Å². The molecule has 0 aliphatic carbocycles. The second-order valence-electron chi connectivity index (χ2n) is 6.11. The molecule has 1 fully saturated rings. The van der Waals surface area contributed by atoms with E-state index in [2.05, 4.69) is 0 Å². The van der Waals surface area contributed by atoms with E-state index >= 15 is 0 Å². The highest BCUT2D eigenvalue weighted by Crippen LogP contribution is 2.33. The summed E-state index contributed by atoms with van der Waals surface area (Å²) in [7, 11) is 0. The van der Waals surface area contributed by atoms with Crippen LogP contribution in [0.2, 0.25) is 0 Å². The van der Waals surface area contributed by atoms with Crippen molar-refractivity contribution in [2.45, 2.75) is 25.4 Å². The van der Waals surface area contributed by atoms with Crippen molar-refractivity contribution in [3.05, 3.63) is 41.6 Å². The number of amides is 2. The first-order valence-corrected chi connectivity index (χ1v) is 8.15. The lowest BCUT2D eigenvalue weighted by molar-refractivity contribution is -0.159. The average Bonchev–Trinajstić information content (AvgIpc) is 2.61. The van der Waals surface area contributed by atoms with Crippen molar-refractivity contribution in [3.63, 3.8) is 0 Å². The number of carboxylic acids is 1. The van der Waals surface area contributed by atoms with Gasteiger partial charge in [-0.05, 0) is 17.2 Å². The number of aliphatic carboxylic acids is 1. The standard InChI is InChI=1S/C18H20N2O5/c1-12(21)19-7-6-13-4-2-3-5-14(13)15(19)10-17(22)20-8-9-25-11-16(20)18(23)24/h2-7,15-16H,8-11H2,1H3,(H,23,24)/t15-,16-/m0/s1. The predicted octanol–water partition coefficient (Wildman–Crippen LogP) is 1.26. The topological polar surface area (TPSA) is 87.2 Å². The smallest absolute Gasteiger partial charge is 0.328 e. The van der Waals surface area contributed by atoms with Crippen molar-refractivity contribution in [2.75, 3.05) is 19.8 Å². The third-order valence-electron chi connectivity index (χ3n) is 4.57. The fourth-order valence-corrected chi connectivity index (χ4v) is 3.30. The Balaban J connectivity index is 1.86. The van der Waals surface area contributed by atoms with Gasteiger partial charge < -0.3 is 19.6 Å². The van der Waals surface area contributed by atoms with Gasteiger partial charge in [0, 0.05) is 19.7 Å². The Morgan fingerprint density at radius 3 is 2.76 bits per heavy atom. The maximum atomic E-state index is 12.8. The summed E-state index contributed by atoms with van der Waals surface area (Å²) in [5, 5.41) is 9.31. The van der Waals surface area contributed by atoms with Gasteiger partial charge in [-0.2, -0.15) is 0 Å². The van der Waals surface area contributed by atoms with Gasteiger partial charge in [0.1, 0.15) is 0 Å². The Labute approximate surface area is 145 Å². The number of hydrogen-bond acceptors (Lipinski definition) is 4. The molecular formula is C18H20N2O5. The largest absolute Gasteiger partial charge is 0.480 e. The molecule has 0 bridgehead atoms. The first-order chi connectivity index (χ1) is 12.0. The highest BCUT2D eigenvalue weighted by atomic mass is 16.5. The molecule has 0 radical (unpaired) electrons. The number of rotatable bonds is 3. The summed E-state index contributed by atoms with van der Waals surface area (Å²) >= 11 is 0. The highest BCUT2D eigenvalue weighted by molar-refractivity contribution is 5.86. The monoisotopic (exact) mass is 344 g/mol. The minimum atomic E-state index is -1.08. The molecule has 7 heteroatoms. The Kier molecular flexibility index (Phi) is 4.85. The fraction of sp³-hybridized carbons (Fsp3) is 0.389. The van der Waals surface area contributed by atoms with Gasteiger partial charge in [0.05, 0.1) is 25.7 Å². The molecule has 7 nitrogen and oxygen atoms in total. The molecule has 0 unspecified atom stereocenters. The van der Waals surface area contributed by atoms with Crippen LogP contribution in [0.25, 0.3) is 6.08 Å². The summed E-state index contributed by atoms with van der Waals surface area (Å²) < 4.78 is 5.18. The van der Waals surface area contributed by atoms with E-state index in [0.717, 1.165) is 11.1 Å². The summed E-state index contributed by atoms with van der Waals surface area (Å²) in [6, 6.07) is 6.15. The van der Waals surface area contributed by atoms with E-state index in [9.17, 15) is 19.5 Å². The molecule has 2 aliphatic heterocycles. The predicted molar refractivity (Wildman–Crippen MR) is 89.3 cm³/mol. The molecule has 1 aromatic carbocycles. The van der Waals surface area contributed by atoms with Crippen molar-refractivity contribution in [3.8, 4) is 0 Å². The summed E-state index contributed by atoms with van der Waals surface area (Å²) in [6.07, 6.45) is 3.55. The zero-order valence-electron chi connectivity index (χ0n) is 13.9. The molecule has 132 valence electrons. The number of fused-ring (bicyclic) bond motifs is 1. The van der Waals surface area contributed by atoms with Crippen LogP contribution in [-0.4, -0.2) is 58.5 Å². The van der Waals surface area contributed by atoms with E-state index in [1.807, 2.05) is 30.3 Å². The number of nitrogens with zero attached hydrogens (tertiary/aromatic N) is 2. The number of morpholine rings is 1. The second-order valence-corrected chi connectivity index (χ2v) is 6.11. The van der Waals surface area contributed by atoms with Crippen molar-refractivity contribution >= 4 is 23.9 Å². The Morgan fingerprint density at radius 1 is 1.28 bits per heavy atom. The molecule has 0 spiro atoms. The molecule has 3 rings (SSSR count). The minimum Gasteiger partial charge on any atom is -0.480 e. The molecule has 2 atom stereocenters. The van der Waals surface area contributed by atoms with Crippen LogP contribution >= 0.6 is 0 Å². The van der Waals surface area contributed by atoms with Gasteiger partial charge in [0.25, 0.3) is 0 Å². The molecule has 2 heterocycles. The van der Waals surface area contributed by atoms with Gasteiger partial charge >= 0.3 is 5.97 Å².